The first-order valence-electron chi connectivity index (χ1n) is 3.72. The van der Waals surface area contributed by atoms with Crippen LogP contribution in [-0.4, -0.2) is 30.1 Å². The maximum Gasteiger partial charge on any atom is 0.332 e. The number of nitrogens with one attached hydrogen (secondary N) is 1. The summed E-state index contributed by atoms with van der Waals surface area (Å²) >= 11 is 0. The SMILES string of the molecule is Cn1c(=O)c2[nH]cnc2n(C)c1=O.O.O. The largest absolute Gasteiger partial charge is 0.412 e. The predicted octanol–water partition coefficient (Wildman–Crippen LogP) is -2.69. The van der Waals surface area contributed by atoms with Crippen LogP contribution in [0.4, 0.5) is 0 Å². The summed E-state index contributed by atoms with van der Waals surface area (Å²) in [6.45, 7) is 0. The zero-order valence-electron chi connectivity index (χ0n) is 8.24. The first-order valence-corrected chi connectivity index (χ1v) is 3.72. The summed E-state index contributed by atoms with van der Waals surface area (Å²) in [6, 6.07) is 0. The fourth-order valence-corrected chi connectivity index (χ4v) is 1.27. The van der Waals surface area contributed by atoms with Crippen molar-refractivity contribution >= 4 is 11.2 Å². The van der Waals surface area contributed by atoms with Gasteiger partial charge in [0.15, 0.2) is 5.65 Å². The van der Waals surface area contributed by atoms with Gasteiger partial charge in [0.05, 0.1) is 6.33 Å². The van der Waals surface area contributed by atoms with Crippen molar-refractivity contribution in [3.05, 3.63) is 27.2 Å². The van der Waals surface area contributed by atoms with Crippen LogP contribution in [-0.2, 0) is 14.1 Å². The molecule has 0 atom stereocenters. The summed E-state index contributed by atoms with van der Waals surface area (Å²) in [4.78, 5) is 29.4. The van der Waals surface area contributed by atoms with Gasteiger partial charge >= 0.3 is 5.69 Å². The zero-order chi connectivity index (χ0) is 9.59. The molecule has 2 rings (SSSR count). The Morgan fingerprint density at radius 2 is 1.80 bits per heavy atom. The second-order valence-corrected chi connectivity index (χ2v) is 2.81. The van der Waals surface area contributed by atoms with Crippen molar-refractivity contribution in [2.45, 2.75) is 0 Å². The van der Waals surface area contributed by atoms with E-state index in [1.807, 2.05) is 0 Å². The molecule has 0 aliphatic rings. The maximum atomic E-state index is 11.4. The minimum absolute atomic E-state index is 0. The number of rotatable bonds is 0. The van der Waals surface area contributed by atoms with E-state index in [0.717, 1.165) is 4.57 Å². The Morgan fingerprint density at radius 3 is 2.40 bits per heavy atom. The van der Waals surface area contributed by atoms with Gasteiger partial charge in [0.1, 0.15) is 5.52 Å². The molecule has 0 radical (unpaired) electrons. The second-order valence-electron chi connectivity index (χ2n) is 2.81. The molecule has 0 aromatic carbocycles. The van der Waals surface area contributed by atoms with Gasteiger partial charge in [0.2, 0.25) is 0 Å². The maximum absolute atomic E-state index is 11.4. The smallest absolute Gasteiger partial charge is 0.332 e. The standard InChI is InChI=1S/C7H8N4O2.2H2O/c1-10-5-4(8-3-9-5)6(12)11(2)7(10)13;;/h3H,1-2H3,(H,8,9);2*1H2. The molecule has 8 nitrogen and oxygen atoms in total. The van der Waals surface area contributed by atoms with Gasteiger partial charge in [0, 0.05) is 14.1 Å². The molecule has 0 saturated heterocycles. The molecule has 0 saturated carbocycles. The molecule has 0 fully saturated rings. The molecule has 5 N–H and O–H groups in total. The highest BCUT2D eigenvalue weighted by Gasteiger charge is 2.08. The van der Waals surface area contributed by atoms with E-state index < -0.39 is 0 Å². The number of imidazole rings is 1. The van der Waals surface area contributed by atoms with Crippen LogP contribution >= 0.6 is 0 Å². The number of fused-ring (bicyclic) bond motifs is 1. The molecule has 15 heavy (non-hydrogen) atoms. The lowest BCUT2D eigenvalue weighted by Gasteiger charge is -2.00. The summed E-state index contributed by atoms with van der Waals surface area (Å²) < 4.78 is 2.37. The third-order valence-electron chi connectivity index (χ3n) is 2.03. The Labute approximate surface area is 83.4 Å². The molecule has 2 aromatic rings. The lowest BCUT2D eigenvalue weighted by Crippen LogP contribution is -2.36. The first kappa shape index (κ1) is 13.1. The number of aromatic amines is 1. The normalized spacial score (nSPS) is 9.47. The Balaban J connectivity index is 0.000000980. The number of hydrogen-bond acceptors (Lipinski definition) is 3. The van der Waals surface area contributed by atoms with E-state index in [1.54, 1.807) is 7.05 Å². The second kappa shape index (κ2) is 4.07. The van der Waals surface area contributed by atoms with E-state index in [9.17, 15) is 9.59 Å². The molecule has 0 spiro atoms. The number of aryl methyl sites for hydroxylation is 1. The molecule has 8 heteroatoms. The first-order chi connectivity index (χ1) is 6.13. The molecular formula is C7H12N4O4. The molecule has 2 aromatic heterocycles. The highest BCUT2D eigenvalue weighted by molar-refractivity contribution is 5.68. The fraction of sp³-hybridized carbons (Fsp3) is 0.286. The highest BCUT2D eigenvalue weighted by Crippen LogP contribution is 1.97. The average molecular weight is 216 g/mol. The number of aromatic nitrogens is 4. The summed E-state index contributed by atoms with van der Waals surface area (Å²) in [7, 11) is 3.01. The fourth-order valence-electron chi connectivity index (χ4n) is 1.27. The van der Waals surface area contributed by atoms with Gasteiger partial charge in [-0.1, -0.05) is 0 Å². The van der Waals surface area contributed by atoms with Crippen LogP contribution in [0.1, 0.15) is 0 Å². The minimum atomic E-state index is -0.371. The molecule has 0 amide bonds. The third kappa shape index (κ3) is 1.55. The van der Waals surface area contributed by atoms with E-state index in [2.05, 4.69) is 9.97 Å². The Morgan fingerprint density at radius 1 is 1.20 bits per heavy atom. The minimum Gasteiger partial charge on any atom is -0.412 e. The van der Waals surface area contributed by atoms with E-state index in [4.69, 9.17) is 0 Å². The lowest BCUT2D eigenvalue weighted by molar-refractivity contribution is 0.709. The topological polar surface area (TPSA) is 136 Å². The van der Waals surface area contributed by atoms with Crippen LogP contribution in [0.25, 0.3) is 11.2 Å². The van der Waals surface area contributed by atoms with E-state index in [1.165, 1.54) is 17.9 Å². The monoisotopic (exact) mass is 216 g/mol. The van der Waals surface area contributed by atoms with Crippen LogP contribution in [0.3, 0.4) is 0 Å². The molecular weight excluding hydrogens is 204 g/mol. The highest BCUT2D eigenvalue weighted by atomic mass is 16.2. The molecule has 84 valence electrons. The summed E-state index contributed by atoms with van der Waals surface area (Å²) in [6.07, 6.45) is 1.39. The summed E-state index contributed by atoms with van der Waals surface area (Å²) in [5.74, 6) is 0. The van der Waals surface area contributed by atoms with Gasteiger partial charge in [0.25, 0.3) is 5.56 Å². The van der Waals surface area contributed by atoms with Gasteiger partial charge in [-0.15, -0.1) is 0 Å². The van der Waals surface area contributed by atoms with Crippen LogP contribution in [0.5, 0.6) is 0 Å². The van der Waals surface area contributed by atoms with Crippen molar-refractivity contribution in [1.82, 2.24) is 19.1 Å². The number of nitrogens with zero attached hydrogens (tertiary/aromatic N) is 3. The molecule has 0 bridgehead atoms. The van der Waals surface area contributed by atoms with E-state index in [-0.39, 0.29) is 22.2 Å². The quantitative estimate of drug-likeness (QED) is 0.513. The summed E-state index contributed by atoms with van der Waals surface area (Å²) in [5.41, 5.74) is 0.0119. The molecule has 0 aliphatic carbocycles. The van der Waals surface area contributed by atoms with Crippen LogP contribution in [0.15, 0.2) is 15.9 Å². The van der Waals surface area contributed by atoms with Crippen LogP contribution < -0.4 is 11.2 Å². The van der Waals surface area contributed by atoms with Gasteiger partial charge in [-0.05, 0) is 0 Å². The van der Waals surface area contributed by atoms with Gasteiger partial charge in [-0.3, -0.25) is 13.9 Å². The number of H-pyrrole nitrogens is 1. The molecule has 2 heterocycles. The van der Waals surface area contributed by atoms with Crippen molar-refractivity contribution < 1.29 is 11.0 Å². The van der Waals surface area contributed by atoms with Gasteiger partial charge < -0.3 is 15.9 Å². The average Bonchev–Trinajstić information content (AvgIpc) is 2.59. The Bertz CT molecular complexity index is 579. The Hall–Kier alpha value is -1.93. The third-order valence-corrected chi connectivity index (χ3v) is 2.03. The van der Waals surface area contributed by atoms with Crippen LogP contribution in [0, 0.1) is 0 Å². The van der Waals surface area contributed by atoms with Crippen molar-refractivity contribution in [3.8, 4) is 0 Å². The van der Waals surface area contributed by atoms with Crippen LogP contribution in [0.2, 0.25) is 0 Å². The number of hydrogen-bond donors (Lipinski definition) is 1. The van der Waals surface area contributed by atoms with Gasteiger partial charge in [-0.2, -0.15) is 0 Å². The van der Waals surface area contributed by atoms with Crippen molar-refractivity contribution in [2.24, 2.45) is 14.1 Å². The molecule has 0 aliphatic heterocycles. The van der Waals surface area contributed by atoms with E-state index >= 15 is 0 Å². The Kier molecular flexibility index (Phi) is 3.54. The van der Waals surface area contributed by atoms with Crippen molar-refractivity contribution in [3.63, 3.8) is 0 Å². The van der Waals surface area contributed by atoms with Gasteiger partial charge in [-0.25, -0.2) is 9.78 Å². The molecule has 0 unspecified atom stereocenters. The predicted molar refractivity (Wildman–Crippen MR) is 53.8 cm³/mol. The van der Waals surface area contributed by atoms with E-state index in [0.29, 0.717) is 11.2 Å². The van der Waals surface area contributed by atoms with Crippen molar-refractivity contribution in [2.75, 3.05) is 0 Å². The zero-order valence-corrected chi connectivity index (χ0v) is 8.24. The summed E-state index contributed by atoms with van der Waals surface area (Å²) in [5, 5.41) is 0. The lowest BCUT2D eigenvalue weighted by atomic mass is 10.5. The van der Waals surface area contributed by atoms with Crippen molar-refractivity contribution in [1.29, 1.82) is 0 Å².